The lowest BCUT2D eigenvalue weighted by molar-refractivity contribution is 0.0948. The third-order valence-corrected chi connectivity index (χ3v) is 7.00. The number of aromatic nitrogens is 7. The van der Waals surface area contributed by atoms with Crippen LogP contribution in [0.3, 0.4) is 0 Å². The minimum atomic E-state index is -1.03. The molecule has 0 saturated carbocycles. The number of aromatic amines is 1. The molecule has 0 radical (unpaired) electrons. The number of halogens is 2. The molecule has 2 aromatic carbocycles. The molecule has 5 N–H and O–H groups in total. The van der Waals surface area contributed by atoms with Gasteiger partial charge in [-0.05, 0) is 67.7 Å². The highest BCUT2D eigenvalue weighted by atomic mass is 19.2. The maximum atomic E-state index is 13.6. The Morgan fingerprint density at radius 2 is 1.78 bits per heavy atom. The number of nitrogen functional groups attached to an aromatic ring is 1. The molecule has 0 spiro atoms. The first-order chi connectivity index (χ1) is 22.1. The molecule has 234 valence electrons. The van der Waals surface area contributed by atoms with E-state index in [2.05, 4.69) is 40.6 Å². The van der Waals surface area contributed by atoms with Crippen LogP contribution in [0.25, 0.3) is 16.9 Å². The Balaban J connectivity index is 1.12. The molecule has 15 heteroatoms. The van der Waals surface area contributed by atoms with Gasteiger partial charge in [-0.15, -0.1) is 5.10 Å². The number of hydrogen-bond acceptors (Lipinski definition) is 9. The topological polar surface area (TPSA) is 165 Å². The molecule has 0 aliphatic rings. The summed E-state index contributed by atoms with van der Waals surface area (Å²) in [5.41, 5.74) is 9.60. The fourth-order valence-electron chi connectivity index (χ4n) is 4.83. The van der Waals surface area contributed by atoms with Gasteiger partial charge in [0, 0.05) is 24.1 Å². The first kappa shape index (κ1) is 30.1. The van der Waals surface area contributed by atoms with E-state index in [4.69, 9.17) is 5.73 Å². The summed E-state index contributed by atoms with van der Waals surface area (Å²) in [7, 11) is 4.02. The Bertz CT molecular complexity index is 2100. The second-order valence-corrected chi connectivity index (χ2v) is 10.8. The van der Waals surface area contributed by atoms with E-state index in [0.29, 0.717) is 34.1 Å². The molecule has 6 rings (SSSR count). The van der Waals surface area contributed by atoms with Crippen LogP contribution in [0.2, 0.25) is 0 Å². The number of hydrogen-bond donors (Lipinski definition) is 4. The molecule has 0 aliphatic carbocycles. The predicted molar refractivity (Wildman–Crippen MR) is 168 cm³/mol. The molecule has 4 heterocycles. The Labute approximate surface area is 260 Å². The van der Waals surface area contributed by atoms with Crippen LogP contribution in [0.1, 0.15) is 27.2 Å². The zero-order valence-corrected chi connectivity index (χ0v) is 24.8. The number of carbonyl (C=O) groups excluding carboxylic acids is 1. The summed E-state index contributed by atoms with van der Waals surface area (Å²) in [6.07, 6.45) is 2.39. The number of nitrogens with two attached hydrogens (primary N) is 1. The van der Waals surface area contributed by atoms with Crippen LogP contribution in [0.5, 0.6) is 0 Å². The first-order valence-electron chi connectivity index (χ1n) is 14.1. The van der Waals surface area contributed by atoms with Gasteiger partial charge in [-0.2, -0.15) is 9.67 Å². The van der Waals surface area contributed by atoms with Gasteiger partial charge in [0.05, 0.1) is 30.5 Å². The maximum Gasteiger partial charge on any atom is 0.266 e. The third-order valence-electron chi connectivity index (χ3n) is 7.00. The van der Waals surface area contributed by atoms with Crippen molar-refractivity contribution in [1.29, 1.82) is 0 Å². The van der Waals surface area contributed by atoms with E-state index >= 15 is 0 Å². The quantitative estimate of drug-likeness (QED) is 0.179. The molecule has 13 nitrogen and oxygen atoms in total. The van der Waals surface area contributed by atoms with Crippen LogP contribution in [0.15, 0.2) is 78.0 Å². The Hall–Kier alpha value is -5.96. The summed E-state index contributed by atoms with van der Waals surface area (Å²) in [4.78, 5) is 44.0. The van der Waals surface area contributed by atoms with Gasteiger partial charge in [-0.3, -0.25) is 14.2 Å². The summed E-state index contributed by atoms with van der Waals surface area (Å²) in [5, 5.41) is 10.3. The van der Waals surface area contributed by atoms with E-state index in [1.165, 1.54) is 22.6 Å². The largest absolute Gasteiger partial charge is 0.368 e. The fourth-order valence-corrected chi connectivity index (χ4v) is 4.83. The third kappa shape index (κ3) is 6.58. The summed E-state index contributed by atoms with van der Waals surface area (Å²) < 4.78 is 29.4. The highest BCUT2D eigenvalue weighted by Gasteiger charge is 2.16. The normalized spacial score (nSPS) is 11.3. The highest BCUT2D eigenvalue weighted by molar-refractivity contribution is 5.93. The second kappa shape index (κ2) is 12.6. The monoisotopic (exact) mass is 625 g/mol. The SMILES string of the molecule is CN(C)Cc1ccc(Nc2nc(N)n(-c3ccc4[nH]c(CNC(=O)c5cncn(Cc6ccc(F)c(F)c6)c5=O)cc4n3)n2)cc1. The molecule has 6 aromatic rings. The molecular weight excluding hydrogens is 596 g/mol. The van der Waals surface area contributed by atoms with Crippen molar-refractivity contribution in [1.82, 2.24) is 44.5 Å². The van der Waals surface area contributed by atoms with E-state index in [1.807, 2.05) is 38.4 Å². The summed E-state index contributed by atoms with van der Waals surface area (Å²) in [6, 6.07) is 16.5. The zero-order chi connectivity index (χ0) is 32.4. The minimum Gasteiger partial charge on any atom is -0.368 e. The smallest absolute Gasteiger partial charge is 0.266 e. The van der Waals surface area contributed by atoms with Gasteiger partial charge in [-0.25, -0.2) is 18.7 Å². The lowest BCUT2D eigenvalue weighted by Gasteiger charge is -2.10. The molecule has 4 aromatic heterocycles. The fraction of sp³-hybridized carbons (Fsp3) is 0.161. The van der Waals surface area contributed by atoms with Gasteiger partial charge in [0.25, 0.3) is 11.5 Å². The first-order valence-corrected chi connectivity index (χ1v) is 14.1. The van der Waals surface area contributed by atoms with E-state index in [9.17, 15) is 18.4 Å². The van der Waals surface area contributed by atoms with Crippen molar-refractivity contribution in [3.05, 3.63) is 118 Å². The Kier molecular flexibility index (Phi) is 8.22. The molecule has 46 heavy (non-hydrogen) atoms. The Morgan fingerprint density at radius 3 is 2.54 bits per heavy atom. The van der Waals surface area contributed by atoms with Crippen LogP contribution in [0, 0.1) is 11.6 Å². The average Bonchev–Trinajstić information content (AvgIpc) is 3.61. The number of pyridine rings is 1. The molecule has 0 unspecified atom stereocenters. The minimum absolute atomic E-state index is 0.0644. The van der Waals surface area contributed by atoms with Crippen LogP contribution < -0.4 is 21.9 Å². The predicted octanol–water partition coefficient (Wildman–Crippen LogP) is 3.34. The van der Waals surface area contributed by atoms with Crippen LogP contribution in [-0.2, 0) is 19.6 Å². The molecule has 0 aliphatic heterocycles. The van der Waals surface area contributed by atoms with Gasteiger partial charge in [0.15, 0.2) is 17.5 Å². The molecule has 0 atom stereocenters. The standard InChI is InChI=1S/C31H29F2N11O2/c1-42(2)15-18-3-6-20(7-4-18)38-31-40-30(34)44(41-31)27-10-9-25-26(39-27)12-21(37-25)13-36-28(45)22-14-35-17-43(29(22)46)16-19-5-8-23(32)24(33)11-19/h3-12,14,17,37H,13,15-16H2,1-2H3,(H,36,45)(H3,34,38,40,41). The number of benzene rings is 2. The van der Waals surface area contributed by atoms with E-state index in [-0.39, 0.29) is 24.6 Å². The lowest BCUT2D eigenvalue weighted by atomic mass is 10.2. The van der Waals surface area contributed by atoms with Crippen molar-refractivity contribution < 1.29 is 13.6 Å². The summed E-state index contributed by atoms with van der Waals surface area (Å²) >= 11 is 0. The molecule has 1 amide bonds. The van der Waals surface area contributed by atoms with E-state index in [0.717, 1.165) is 35.1 Å². The van der Waals surface area contributed by atoms with Gasteiger partial charge >= 0.3 is 0 Å². The summed E-state index contributed by atoms with van der Waals surface area (Å²) in [5.74, 6) is -1.76. The Morgan fingerprint density at radius 1 is 1.00 bits per heavy atom. The number of rotatable bonds is 10. The van der Waals surface area contributed by atoms with Gasteiger partial charge in [-0.1, -0.05) is 18.2 Å². The van der Waals surface area contributed by atoms with Crippen molar-refractivity contribution in [3.63, 3.8) is 0 Å². The molecule has 0 fully saturated rings. The van der Waals surface area contributed by atoms with Crippen LogP contribution >= 0.6 is 0 Å². The number of anilines is 3. The maximum absolute atomic E-state index is 13.6. The average molecular weight is 626 g/mol. The lowest BCUT2D eigenvalue weighted by Crippen LogP contribution is -2.33. The number of nitrogens with zero attached hydrogens (tertiary/aromatic N) is 7. The van der Waals surface area contributed by atoms with Gasteiger partial charge in [0.2, 0.25) is 11.9 Å². The zero-order valence-electron chi connectivity index (χ0n) is 24.8. The van der Waals surface area contributed by atoms with Gasteiger partial charge in [0.1, 0.15) is 5.56 Å². The van der Waals surface area contributed by atoms with Crippen LogP contribution in [0.4, 0.5) is 26.4 Å². The number of nitrogens with one attached hydrogen (secondary N) is 3. The number of fused-ring (bicyclic) bond motifs is 1. The second-order valence-electron chi connectivity index (χ2n) is 10.8. The molecular formula is C31H29F2N11O2. The van der Waals surface area contributed by atoms with E-state index < -0.39 is 23.1 Å². The summed E-state index contributed by atoms with van der Waals surface area (Å²) in [6.45, 7) is 0.810. The molecule has 0 bridgehead atoms. The molecule has 0 saturated heterocycles. The van der Waals surface area contributed by atoms with E-state index in [1.54, 1.807) is 18.2 Å². The van der Waals surface area contributed by atoms with Crippen molar-refractivity contribution in [2.45, 2.75) is 19.6 Å². The highest BCUT2D eigenvalue weighted by Crippen LogP contribution is 2.20. The van der Waals surface area contributed by atoms with Crippen LogP contribution in [-0.4, -0.2) is 59.2 Å². The van der Waals surface area contributed by atoms with Crippen molar-refractivity contribution in [2.24, 2.45) is 0 Å². The van der Waals surface area contributed by atoms with Crippen molar-refractivity contribution in [2.75, 3.05) is 25.1 Å². The van der Waals surface area contributed by atoms with Crippen molar-refractivity contribution >= 4 is 34.5 Å². The van der Waals surface area contributed by atoms with Gasteiger partial charge < -0.3 is 26.3 Å². The number of carbonyl (C=O) groups is 1. The van der Waals surface area contributed by atoms with Crippen molar-refractivity contribution in [3.8, 4) is 5.82 Å². The number of H-pyrrole nitrogens is 1. The number of amides is 1.